The Bertz CT molecular complexity index is 279. The van der Waals surface area contributed by atoms with Crippen LogP contribution in [0, 0.1) is 0 Å². The molecule has 0 radical (unpaired) electrons. The first-order chi connectivity index (χ1) is 8.70. The molecule has 18 heavy (non-hydrogen) atoms. The van der Waals surface area contributed by atoms with Gasteiger partial charge in [-0.05, 0) is 32.1 Å². The van der Waals surface area contributed by atoms with Crippen molar-refractivity contribution in [1.82, 2.24) is 4.90 Å². The van der Waals surface area contributed by atoms with E-state index in [9.17, 15) is 4.79 Å². The fourth-order valence-electron chi connectivity index (χ4n) is 2.65. The summed E-state index contributed by atoms with van der Waals surface area (Å²) < 4.78 is 11.3. The highest BCUT2D eigenvalue weighted by molar-refractivity contribution is 5.81. The molecule has 104 valence electrons. The number of hydrogen-bond acceptors (Lipinski definition) is 4. The van der Waals surface area contributed by atoms with Crippen LogP contribution in [0.25, 0.3) is 0 Å². The summed E-state index contributed by atoms with van der Waals surface area (Å²) in [5.41, 5.74) is 5.55. The van der Waals surface area contributed by atoms with Gasteiger partial charge in [0, 0.05) is 26.7 Å². The van der Waals surface area contributed by atoms with Crippen molar-refractivity contribution < 1.29 is 14.3 Å². The highest BCUT2D eigenvalue weighted by Gasteiger charge is 2.32. The fraction of sp³-hybridized carbons (Fsp3) is 0.923. The Labute approximate surface area is 109 Å². The average molecular weight is 256 g/mol. The molecule has 0 aliphatic carbocycles. The lowest BCUT2D eigenvalue weighted by Crippen LogP contribution is -2.42. The zero-order chi connectivity index (χ0) is 13.0. The molecular formula is C13H24N2O3. The summed E-state index contributed by atoms with van der Waals surface area (Å²) in [6, 6.07) is 0. The first kappa shape index (κ1) is 13.8. The van der Waals surface area contributed by atoms with Crippen LogP contribution in [0.5, 0.6) is 0 Å². The lowest BCUT2D eigenvalue weighted by atomic mass is 10.1. The van der Waals surface area contributed by atoms with Crippen LogP contribution in [0.2, 0.25) is 0 Å². The van der Waals surface area contributed by atoms with E-state index < -0.39 is 0 Å². The Balaban J connectivity index is 1.77. The van der Waals surface area contributed by atoms with E-state index in [4.69, 9.17) is 15.2 Å². The molecule has 1 unspecified atom stereocenters. The van der Waals surface area contributed by atoms with Crippen LogP contribution in [-0.4, -0.2) is 55.9 Å². The third-order valence-electron chi connectivity index (χ3n) is 3.77. The first-order valence-corrected chi connectivity index (χ1v) is 6.93. The lowest BCUT2D eigenvalue weighted by Gasteiger charge is -2.28. The number of likely N-dealkylation sites (N-methyl/N-ethyl adjacent to an activating group) is 1. The smallest absolute Gasteiger partial charge is 0.251 e. The summed E-state index contributed by atoms with van der Waals surface area (Å²) in [6.45, 7) is 1.99. The zero-order valence-corrected chi connectivity index (χ0v) is 11.1. The highest BCUT2D eigenvalue weighted by Crippen LogP contribution is 2.21. The van der Waals surface area contributed by atoms with E-state index >= 15 is 0 Å². The van der Waals surface area contributed by atoms with E-state index in [0.29, 0.717) is 13.1 Å². The Hall–Kier alpha value is -0.650. The minimum atomic E-state index is -0.299. The summed E-state index contributed by atoms with van der Waals surface area (Å²) in [5.74, 6) is 0.0696. The second-order valence-corrected chi connectivity index (χ2v) is 5.27. The summed E-state index contributed by atoms with van der Waals surface area (Å²) >= 11 is 0. The molecule has 2 rings (SSSR count). The molecule has 3 atom stereocenters. The van der Waals surface area contributed by atoms with Gasteiger partial charge >= 0.3 is 0 Å². The molecule has 2 fully saturated rings. The van der Waals surface area contributed by atoms with Crippen molar-refractivity contribution in [2.45, 2.75) is 50.4 Å². The van der Waals surface area contributed by atoms with Crippen LogP contribution in [0.1, 0.15) is 32.1 Å². The molecule has 0 bridgehead atoms. The molecule has 2 aliphatic heterocycles. The predicted octanol–water partition coefficient (Wildman–Crippen LogP) is 0.520. The van der Waals surface area contributed by atoms with Gasteiger partial charge in [-0.1, -0.05) is 0 Å². The second-order valence-electron chi connectivity index (χ2n) is 5.27. The average Bonchev–Trinajstić information content (AvgIpc) is 2.87. The predicted molar refractivity (Wildman–Crippen MR) is 68.2 cm³/mol. The summed E-state index contributed by atoms with van der Waals surface area (Å²) in [6.07, 6.45) is 5.01. The maximum atomic E-state index is 12.2. The molecule has 0 aromatic rings. The zero-order valence-electron chi connectivity index (χ0n) is 11.1. The lowest BCUT2D eigenvalue weighted by molar-refractivity contribution is -0.143. The molecule has 2 heterocycles. The van der Waals surface area contributed by atoms with Gasteiger partial charge in [-0.25, -0.2) is 0 Å². The van der Waals surface area contributed by atoms with E-state index in [1.165, 1.54) is 6.42 Å². The van der Waals surface area contributed by atoms with Crippen LogP contribution in [0.3, 0.4) is 0 Å². The fourth-order valence-corrected chi connectivity index (χ4v) is 2.65. The molecule has 2 N–H and O–H groups in total. The van der Waals surface area contributed by atoms with Crippen molar-refractivity contribution in [2.24, 2.45) is 5.73 Å². The van der Waals surface area contributed by atoms with Crippen molar-refractivity contribution in [1.29, 1.82) is 0 Å². The minimum absolute atomic E-state index is 0.0540. The number of rotatable bonds is 4. The number of nitrogens with two attached hydrogens (primary N) is 1. The normalized spacial score (nSPS) is 32.4. The van der Waals surface area contributed by atoms with Gasteiger partial charge in [-0.3, -0.25) is 4.79 Å². The van der Waals surface area contributed by atoms with Crippen molar-refractivity contribution in [2.75, 3.05) is 26.7 Å². The Morgan fingerprint density at radius 2 is 2.11 bits per heavy atom. The van der Waals surface area contributed by atoms with Gasteiger partial charge in [0.15, 0.2) is 0 Å². The topological polar surface area (TPSA) is 64.8 Å². The summed E-state index contributed by atoms with van der Waals surface area (Å²) in [5, 5.41) is 0. The maximum absolute atomic E-state index is 12.2. The van der Waals surface area contributed by atoms with Gasteiger partial charge in [-0.2, -0.15) is 0 Å². The van der Waals surface area contributed by atoms with Gasteiger partial charge in [-0.15, -0.1) is 0 Å². The minimum Gasteiger partial charge on any atom is -0.376 e. The molecule has 2 saturated heterocycles. The van der Waals surface area contributed by atoms with Gasteiger partial charge in [0.2, 0.25) is 0 Å². The van der Waals surface area contributed by atoms with E-state index in [1.807, 2.05) is 7.05 Å². The van der Waals surface area contributed by atoms with Crippen molar-refractivity contribution in [3.63, 3.8) is 0 Å². The monoisotopic (exact) mass is 256 g/mol. The number of amides is 1. The molecule has 0 aromatic carbocycles. The van der Waals surface area contributed by atoms with Crippen LogP contribution >= 0.6 is 0 Å². The van der Waals surface area contributed by atoms with Crippen LogP contribution in [0.4, 0.5) is 0 Å². The Kier molecular flexibility index (Phi) is 4.97. The van der Waals surface area contributed by atoms with Crippen molar-refractivity contribution in [3.05, 3.63) is 0 Å². The summed E-state index contributed by atoms with van der Waals surface area (Å²) in [7, 11) is 1.83. The Morgan fingerprint density at radius 3 is 2.72 bits per heavy atom. The van der Waals surface area contributed by atoms with Gasteiger partial charge in [0.1, 0.15) is 6.10 Å². The molecule has 5 heteroatoms. The third kappa shape index (κ3) is 3.43. The molecule has 2 aliphatic rings. The molecule has 1 amide bonds. The van der Waals surface area contributed by atoms with Gasteiger partial charge in [0.05, 0.1) is 12.2 Å². The molecule has 0 saturated carbocycles. The SMILES string of the molecule is CN(CC1CCCCO1)C(=O)[C@@H]1CC[C@H](CN)O1. The Morgan fingerprint density at radius 1 is 1.28 bits per heavy atom. The summed E-state index contributed by atoms with van der Waals surface area (Å²) in [4.78, 5) is 13.9. The largest absolute Gasteiger partial charge is 0.376 e. The number of carbonyl (C=O) groups is 1. The van der Waals surface area contributed by atoms with Crippen molar-refractivity contribution in [3.8, 4) is 0 Å². The number of ether oxygens (including phenoxy) is 2. The van der Waals surface area contributed by atoms with E-state index in [-0.39, 0.29) is 24.2 Å². The van der Waals surface area contributed by atoms with Crippen molar-refractivity contribution >= 4 is 5.91 Å². The number of carbonyl (C=O) groups excluding carboxylic acids is 1. The van der Waals surface area contributed by atoms with Gasteiger partial charge in [0.25, 0.3) is 5.91 Å². The number of hydrogen-bond donors (Lipinski definition) is 1. The number of nitrogens with zero attached hydrogens (tertiary/aromatic N) is 1. The highest BCUT2D eigenvalue weighted by atomic mass is 16.5. The van der Waals surface area contributed by atoms with Crippen LogP contribution in [0.15, 0.2) is 0 Å². The standard InChI is InChI=1S/C13H24N2O3/c1-15(9-11-4-2-3-7-17-11)13(16)12-6-5-10(8-14)18-12/h10-12H,2-9,14H2,1H3/t10-,11?,12+/m1/s1. The quantitative estimate of drug-likeness (QED) is 0.796. The first-order valence-electron chi connectivity index (χ1n) is 6.93. The molecule has 0 aromatic heterocycles. The molecule has 0 spiro atoms. The van der Waals surface area contributed by atoms with E-state index in [1.54, 1.807) is 4.90 Å². The van der Waals surface area contributed by atoms with E-state index in [2.05, 4.69) is 0 Å². The van der Waals surface area contributed by atoms with Gasteiger partial charge < -0.3 is 20.1 Å². The maximum Gasteiger partial charge on any atom is 0.251 e. The molecular weight excluding hydrogens is 232 g/mol. The van der Waals surface area contributed by atoms with Crippen LogP contribution in [-0.2, 0) is 14.3 Å². The van der Waals surface area contributed by atoms with E-state index in [0.717, 1.165) is 32.3 Å². The third-order valence-corrected chi connectivity index (χ3v) is 3.77. The van der Waals surface area contributed by atoms with Crippen LogP contribution < -0.4 is 5.73 Å². The molecule has 5 nitrogen and oxygen atoms in total. The second kappa shape index (κ2) is 6.50.